The molecule has 3 aliphatic rings. The maximum absolute atomic E-state index is 3.39. The molecule has 1 unspecified atom stereocenters. The van der Waals surface area contributed by atoms with Crippen molar-refractivity contribution in [1.29, 1.82) is 0 Å². The number of fused-ring (bicyclic) bond motifs is 2. The Balaban J connectivity index is 1.97. The summed E-state index contributed by atoms with van der Waals surface area (Å²) in [7, 11) is 0. The smallest absolute Gasteiger partial charge is 0.0681 e. The average molecular weight is 136 g/mol. The summed E-state index contributed by atoms with van der Waals surface area (Å²) in [4.78, 5) is 2.44. The summed E-state index contributed by atoms with van der Waals surface area (Å²) in [6.07, 6.45) is 7.54. The fraction of sp³-hybridized carbons (Fsp3) is 0.750. The first-order chi connectivity index (χ1) is 4.91. The van der Waals surface area contributed by atoms with Gasteiger partial charge in [-0.2, -0.15) is 0 Å². The molecule has 1 spiro atoms. The van der Waals surface area contributed by atoms with Crippen molar-refractivity contribution in [2.75, 3.05) is 13.2 Å². The molecule has 1 N–H and O–H groups in total. The molecule has 0 radical (unpaired) electrons. The molecule has 1 atom stereocenters. The van der Waals surface area contributed by atoms with Gasteiger partial charge in [0.15, 0.2) is 0 Å². The van der Waals surface area contributed by atoms with Crippen LogP contribution in [0.1, 0.15) is 12.8 Å². The highest BCUT2D eigenvalue weighted by Gasteiger charge is 2.53. The summed E-state index contributed by atoms with van der Waals surface area (Å²) in [6, 6.07) is 0.812. The van der Waals surface area contributed by atoms with Gasteiger partial charge in [0.1, 0.15) is 0 Å². The molecule has 1 saturated heterocycles. The second-order valence-corrected chi connectivity index (χ2v) is 3.69. The normalized spacial score (nSPS) is 39.2. The van der Waals surface area contributed by atoms with E-state index in [9.17, 15) is 0 Å². The first-order valence-electron chi connectivity index (χ1n) is 4.07. The van der Waals surface area contributed by atoms with Gasteiger partial charge in [-0.1, -0.05) is 6.08 Å². The third-order valence-corrected chi connectivity index (χ3v) is 3.12. The van der Waals surface area contributed by atoms with Crippen molar-refractivity contribution in [3.8, 4) is 0 Å². The number of nitrogens with zero attached hydrogens (tertiary/aromatic N) is 1. The van der Waals surface area contributed by atoms with Gasteiger partial charge in [-0.25, -0.2) is 0 Å². The molecule has 2 fully saturated rings. The summed E-state index contributed by atoms with van der Waals surface area (Å²) in [5.74, 6) is 0. The van der Waals surface area contributed by atoms with Gasteiger partial charge in [0, 0.05) is 12.0 Å². The average Bonchev–Trinajstić information content (AvgIpc) is 2.40. The van der Waals surface area contributed by atoms with Crippen LogP contribution in [-0.2, 0) is 0 Å². The summed E-state index contributed by atoms with van der Waals surface area (Å²) in [6.45, 7) is 2.27. The molecule has 2 nitrogen and oxygen atoms in total. The molecule has 2 heterocycles. The van der Waals surface area contributed by atoms with E-state index in [2.05, 4.69) is 22.5 Å². The van der Waals surface area contributed by atoms with E-state index < -0.39 is 0 Å². The lowest BCUT2D eigenvalue weighted by Gasteiger charge is -2.19. The van der Waals surface area contributed by atoms with Gasteiger partial charge < -0.3 is 4.90 Å². The number of hydrogen-bond acceptors (Lipinski definition) is 2. The van der Waals surface area contributed by atoms with Crippen molar-refractivity contribution in [1.82, 2.24) is 10.2 Å². The van der Waals surface area contributed by atoms with Crippen molar-refractivity contribution in [2.24, 2.45) is 5.41 Å². The molecule has 0 aromatic carbocycles. The Bertz CT molecular complexity index is 193. The zero-order valence-electron chi connectivity index (χ0n) is 6.01. The Kier molecular flexibility index (Phi) is 0.725. The fourth-order valence-electron chi connectivity index (χ4n) is 2.25. The van der Waals surface area contributed by atoms with Crippen LogP contribution in [0, 0.1) is 5.41 Å². The minimum absolute atomic E-state index is 0.628. The first kappa shape index (κ1) is 5.19. The SMILES string of the molecule is C1=CC2(CC2)C2CNCN12. The van der Waals surface area contributed by atoms with Crippen LogP contribution in [0.15, 0.2) is 12.3 Å². The number of nitrogens with one attached hydrogen (secondary N) is 1. The highest BCUT2D eigenvalue weighted by atomic mass is 15.3. The highest BCUT2D eigenvalue weighted by Crippen LogP contribution is 2.55. The highest BCUT2D eigenvalue weighted by molar-refractivity contribution is 5.23. The Hall–Kier alpha value is -0.500. The van der Waals surface area contributed by atoms with Gasteiger partial charge in [-0.15, -0.1) is 0 Å². The van der Waals surface area contributed by atoms with Crippen LogP contribution < -0.4 is 5.32 Å². The third kappa shape index (κ3) is 0.451. The second-order valence-electron chi connectivity index (χ2n) is 3.69. The van der Waals surface area contributed by atoms with Gasteiger partial charge in [0.25, 0.3) is 0 Å². The Labute approximate surface area is 60.9 Å². The lowest BCUT2D eigenvalue weighted by molar-refractivity contribution is 0.319. The summed E-state index contributed by atoms with van der Waals surface area (Å²) < 4.78 is 0. The zero-order chi connectivity index (χ0) is 6.60. The van der Waals surface area contributed by atoms with Crippen LogP contribution in [-0.4, -0.2) is 24.2 Å². The minimum atomic E-state index is 0.628. The molecule has 10 heavy (non-hydrogen) atoms. The van der Waals surface area contributed by atoms with E-state index >= 15 is 0 Å². The molecular formula is C8H12N2. The molecule has 1 aliphatic carbocycles. The molecule has 54 valence electrons. The molecule has 1 saturated carbocycles. The lowest BCUT2D eigenvalue weighted by atomic mass is 10.00. The molecule has 0 bridgehead atoms. The van der Waals surface area contributed by atoms with Crippen molar-refractivity contribution in [3.05, 3.63) is 12.3 Å². The Morgan fingerprint density at radius 1 is 1.50 bits per heavy atom. The van der Waals surface area contributed by atoms with Crippen LogP contribution in [0.4, 0.5) is 0 Å². The maximum atomic E-state index is 3.39. The van der Waals surface area contributed by atoms with Crippen LogP contribution in [0.5, 0.6) is 0 Å². The van der Waals surface area contributed by atoms with Gasteiger partial charge >= 0.3 is 0 Å². The topological polar surface area (TPSA) is 15.3 Å². The predicted octanol–water partition coefficient (Wildman–Crippen LogP) is 0.525. The van der Waals surface area contributed by atoms with Crippen molar-refractivity contribution in [3.63, 3.8) is 0 Å². The van der Waals surface area contributed by atoms with Gasteiger partial charge in [0.2, 0.25) is 0 Å². The monoisotopic (exact) mass is 136 g/mol. The van der Waals surface area contributed by atoms with Gasteiger partial charge in [0.05, 0.1) is 12.7 Å². The lowest BCUT2D eigenvalue weighted by Crippen LogP contribution is -2.28. The number of rotatable bonds is 0. The first-order valence-corrected chi connectivity index (χ1v) is 4.07. The van der Waals surface area contributed by atoms with E-state index in [1.165, 1.54) is 19.4 Å². The molecule has 2 heteroatoms. The summed E-state index contributed by atoms with van der Waals surface area (Å²) in [5.41, 5.74) is 0.628. The summed E-state index contributed by atoms with van der Waals surface area (Å²) in [5, 5.41) is 3.39. The van der Waals surface area contributed by atoms with E-state index in [4.69, 9.17) is 0 Å². The molecule has 0 amide bonds. The van der Waals surface area contributed by atoms with E-state index in [-0.39, 0.29) is 0 Å². The third-order valence-electron chi connectivity index (χ3n) is 3.12. The largest absolute Gasteiger partial charge is 0.360 e. The van der Waals surface area contributed by atoms with Gasteiger partial charge in [-0.05, 0) is 19.0 Å². The number of hydrogen-bond donors (Lipinski definition) is 1. The zero-order valence-corrected chi connectivity index (χ0v) is 6.01. The Morgan fingerprint density at radius 3 is 3.20 bits per heavy atom. The predicted molar refractivity (Wildman–Crippen MR) is 39.3 cm³/mol. The van der Waals surface area contributed by atoms with Crippen LogP contribution in [0.2, 0.25) is 0 Å². The van der Waals surface area contributed by atoms with E-state index in [1.807, 2.05) is 0 Å². The molecule has 2 aliphatic heterocycles. The maximum Gasteiger partial charge on any atom is 0.0681 e. The standard InChI is InChI=1S/C8H12N2/c1-2-8(1)3-4-10-6-9-5-7(8)10/h3-4,7,9H,1-2,5-6H2. The fourth-order valence-corrected chi connectivity index (χ4v) is 2.25. The molecule has 0 aromatic rings. The van der Waals surface area contributed by atoms with Crippen molar-refractivity contribution >= 4 is 0 Å². The molecule has 0 aromatic heterocycles. The summed E-state index contributed by atoms with van der Waals surface area (Å²) >= 11 is 0. The van der Waals surface area contributed by atoms with E-state index in [1.54, 1.807) is 0 Å². The van der Waals surface area contributed by atoms with E-state index in [0.717, 1.165) is 12.7 Å². The van der Waals surface area contributed by atoms with Crippen LogP contribution >= 0.6 is 0 Å². The molecule has 3 rings (SSSR count). The van der Waals surface area contributed by atoms with Crippen LogP contribution in [0.3, 0.4) is 0 Å². The van der Waals surface area contributed by atoms with Crippen molar-refractivity contribution < 1.29 is 0 Å². The minimum Gasteiger partial charge on any atom is -0.360 e. The van der Waals surface area contributed by atoms with E-state index in [0.29, 0.717) is 5.41 Å². The van der Waals surface area contributed by atoms with Crippen molar-refractivity contribution in [2.45, 2.75) is 18.9 Å². The second kappa shape index (κ2) is 1.40. The molecular weight excluding hydrogens is 124 g/mol. The quantitative estimate of drug-likeness (QED) is 0.522. The Morgan fingerprint density at radius 2 is 2.40 bits per heavy atom. The van der Waals surface area contributed by atoms with Crippen LogP contribution in [0.25, 0.3) is 0 Å². The van der Waals surface area contributed by atoms with Gasteiger partial charge in [-0.3, -0.25) is 5.32 Å².